The second kappa shape index (κ2) is 7.44. The van der Waals surface area contributed by atoms with Crippen LogP contribution in [-0.2, 0) is 13.2 Å². The van der Waals surface area contributed by atoms with E-state index in [4.69, 9.17) is 9.84 Å². The van der Waals surface area contributed by atoms with Gasteiger partial charge in [0.2, 0.25) is 0 Å². The number of hydrogen-bond acceptors (Lipinski definition) is 5. The van der Waals surface area contributed by atoms with Crippen LogP contribution in [0.1, 0.15) is 11.1 Å². The molecule has 0 aliphatic carbocycles. The molecule has 2 aromatic rings. The molecule has 0 atom stereocenters. The van der Waals surface area contributed by atoms with E-state index < -0.39 is 0 Å². The number of rotatable bonds is 5. The second-order valence-electron chi connectivity index (χ2n) is 5.79. The number of ether oxygens (including phenoxy) is 1. The highest BCUT2D eigenvalue weighted by Gasteiger charge is 2.18. The second-order valence-corrected chi connectivity index (χ2v) is 5.79. The highest BCUT2D eigenvalue weighted by Crippen LogP contribution is 2.20. The van der Waals surface area contributed by atoms with Gasteiger partial charge in [-0.1, -0.05) is 24.3 Å². The Kier molecular flexibility index (Phi) is 5.10. The fourth-order valence-corrected chi connectivity index (χ4v) is 2.84. The lowest BCUT2D eigenvalue weighted by atomic mass is 10.1. The zero-order valence-corrected chi connectivity index (χ0v) is 13.5. The van der Waals surface area contributed by atoms with Crippen LogP contribution in [0.25, 0.3) is 0 Å². The van der Waals surface area contributed by atoms with E-state index in [1.54, 1.807) is 13.3 Å². The van der Waals surface area contributed by atoms with Gasteiger partial charge in [0.15, 0.2) is 0 Å². The van der Waals surface area contributed by atoms with Gasteiger partial charge < -0.3 is 14.7 Å². The van der Waals surface area contributed by atoms with E-state index >= 15 is 0 Å². The maximum atomic E-state index is 9.09. The molecule has 23 heavy (non-hydrogen) atoms. The number of piperazine rings is 1. The predicted molar refractivity (Wildman–Crippen MR) is 90.6 cm³/mol. The van der Waals surface area contributed by atoms with E-state index in [9.17, 15) is 0 Å². The van der Waals surface area contributed by atoms with E-state index in [1.807, 2.05) is 24.3 Å². The Morgan fingerprint density at radius 3 is 2.39 bits per heavy atom. The molecule has 1 N–H and O–H groups in total. The Morgan fingerprint density at radius 2 is 1.74 bits per heavy atom. The molecule has 0 amide bonds. The van der Waals surface area contributed by atoms with Crippen molar-refractivity contribution in [2.75, 3.05) is 38.2 Å². The average Bonchev–Trinajstić information content (AvgIpc) is 2.63. The summed E-state index contributed by atoms with van der Waals surface area (Å²) >= 11 is 0. The highest BCUT2D eigenvalue weighted by atomic mass is 16.5. The van der Waals surface area contributed by atoms with Gasteiger partial charge in [0.1, 0.15) is 11.6 Å². The van der Waals surface area contributed by atoms with Gasteiger partial charge in [-0.05, 0) is 17.2 Å². The van der Waals surface area contributed by atoms with Crippen molar-refractivity contribution in [2.45, 2.75) is 13.2 Å². The molecule has 2 heterocycles. The third kappa shape index (κ3) is 4.00. The summed E-state index contributed by atoms with van der Waals surface area (Å²) in [5.74, 6) is 1.83. The Bertz CT molecular complexity index is 622. The Labute approximate surface area is 137 Å². The van der Waals surface area contributed by atoms with Crippen molar-refractivity contribution in [1.82, 2.24) is 9.88 Å². The quantitative estimate of drug-likeness (QED) is 0.914. The van der Waals surface area contributed by atoms with Crippen molar-refractivity contribution in [3.63, 3.8) is 0 Å². The summed E-state index contributed by atoms with van der Waals surface area (Å²) in [5, 5.41) is 9.09. The molecule has 1 aromatic carbocycles. The van der Waals surface area contributed by atoms with E-state index in [0.717, 1.165) is 49.9 Å². The van der Waals surface area contributed by atoms with Crippen LogP contribution < -0.4 is 9.64 Å². The molecule has 1 saturated heterocycles. The van der Waals surface area contributed by atoms with Crippen LogP contribution in [0.2, 0.25) is 0 Å². The van der Waals surface area contributed by atoms with Crippen molar-refractivity contribution in [3.8, 4) is 5.75 Å². The van der Waals surface area contributed by atoms with Crippen molar-refractivity contribution in [3.05, 3.63) is 53.7 Å². The van der Waals surface area contributed by atoms with Gasteiger partial charge >= 0.3 is 0 Å². The number of pyridine rings is 1. The molecule has 5 nitrogen and oxygen atoms in total. The molecule has 0 radical (unpaired) electrons. The van der Waals surface area contributed by atoms with Gasteiger partial charge in [0.25, 0.3) is 0 Å². The fourth-order valence-electron chi connectivity index (χ4n) is 2.84. The van der Waals surface area contributed by atoms with Crippen molar-refractivity contribution in [2.24, 2.45) is 0 Å². The van der Waals surface area contributed by atoms with Crippen LogP contribution in [0.4, 0.5) is 5.82 Å². The molecular weight excluding hydrogens is 290 g/mol. The molecule has 1 aliphatic rings. The lowest BCUT2D eigenvalue weighted by Gasteiger charge is -2.35. The number of aliphatic hydroxyl groups excluding tert-OH is 1. The molecule has 122 valence electrons. The number of anilines is 1. The maximum absolute atomic E-state index is 9.09. The van der Waals surface area contributed by atoms with E-state index in [-0.39, 0.29) is 6.61 Å². The highest BCUT2D eigenvalue weighted by molar-refractivity contribution is 5.44. The van der Waals surface area contributed by atoms with Gasteiger partial charge in [0.05, 0.1) is 13.7 Å². The molecule has 0 unspecified atom stereocenters. The zero-order chi connectivity index (χ0) is 16.1. The predicted octanol–water partition coefficient (Wildman–Crippen LogP) is 1.90. The fraction of sp³-hybridized carbons (Fsp3) is 0.389. The number of aliphatic hydroxyl groups is 1. The van der Waals surface area contributed by atoms with Crippen LogP contribution in [0.3, 0.4) is 0 Å². The largest absolute Gasteiger partial charge is 0.497 e. The number of benzene rings is 1. The van der Waals surface area contributed by atoms with E-state index in [0.29, 0.717) is 0 Å². The first-order valence-electron chi connectivity index (χ1n) is 7.94. The van der Waals surface area contributed by atoms with Crippen LogP contribution in [0, 0.1) is 0 Å². The number of methoxy groups -OCH3 is 1. The molecule has 0 bridgehead atoms. The van der Waals surface area contributed by atoms with Crippen molar-refractivity contribution >= 4 is 5.82 Å². The minimum Gasteiger partial charge on any atom is -0.497 e. The minimum absolute atomic E-state index is 0.104. The summed E-state index contributed by atoms with van der Waals surface area (Å²) < 4.78 is 5.27. The first kappa shape index (κ1) is 15.8. The van der Waals surface area contributed by atoms with E-state index in [1.165, 1.54) is 5.56 Å². The zero-order valence-electron chi connectivity index (χ0n) is 13.5. The van der Waals surface area contributed by atoms with Gasteiger partial charge in [0, 0.05) is 45.0 Å². The van der Waals surface area contributed by atoms with Gasteiger partial charge in [-0.2, -0.15) is 0 Å². The molecule has 1 aromatic heterocycles. The number of nitrogens with zero attached hydrogens (tertiary/aromatic N) is 3. The SMILES string of the molecule is COc1ccnc(N2CCN(Cc3ccc(CO)cc3)CC2)c1. The Morgan fingerprint density at radius 1 is 1.04 bits per heavy atom. The smallest absolute Gasteiger partial charge is 0.132 e. The summed E-state index contributed by atoms with van der Waals surface area (Å²) in [5.41, 5.74) is 2.25. The summed E-state index contributed by atoms with van der Waals surface area (Å²) in [7, 11) is 1.68. The van der Waals surface area contributed by atoms with Crippen molar-refractivity contribution < 1.29 is 9.84 Å². The van der Waals surface area contributed by atoms with Crippen LogP contribution >= 0.6 is 0 Å². The molecule has 3 rings (SSSR count). The summed E-state index contributed by atoms with van der Waals surface area (Å²) in [6, 6.07) is 12.0. The Hall–Kier alpha value is -2.11. The topological polar surface area (TPSA) is 48.8 Å². The molecule has 0 saturated carbocycles. The van der Waals surface area contributed by atoms with Crippen LogP contribution in [-0.4, -0.2) is 48.3 Å². The summed E-state index contributed by atoms with van der Waals surface area (Å²) in [6.45, 7) is 5.02. The van der Waals surface area contributed by atoms with Gasteiger partial charge in [-0.3, -0.25) is 4.90 Å². The first-order valence-corrected chi connectivity index (χ1v) is 7.94. The molecule has 0 spiro atoms. The van der Waals surface area contributed by atoms with Crippen LogP contribution in [0.5, 0.6) is 5.75 Å². The maximum Gasteiger partial charge on any atom is 0.132 e. The Balaban J connectivity index is 1.55. The average molecular weight is 313 g/mol. The summed E-state index contributed by atoms with van der Waals surface area (Å²) in [4.78, 5) is 9.19. The lowest BCUT2D eigenvalue weighted by molar-refractivity contribution is 0.249. The summed E-state index contributed by atoms with van der Waals surface area (Å²) in [6.07, 6.45) is 1.79. The monoisotopic (exact) mass is 313 g/mol. The van der Waals surface area contributed by atoms with Gasteiger partial charge in [-0.15, -0.1) is 0 Å². The molecule has 5 heteroatoms. The number of hydrogen-bond donors (Lipinski definition) is 1. The molecular formula is C18H23N3O2. The minimum atomic E-state index is 0.104. The molecule has 1 fully saturated rings. The molecule has 1 aliphatic heterocycles. The van der Waals surface area contributed by atoms with E-state index in [2.05, 4.69) is 26.9 Å². The third-order valence-electron chi connectivity index (χ3n) is 4.26. The van der Waals surface area contributed by atoms with Crippen molar-refractivity contribution in [1.29, 1.82) is 0 Å². The normalized spacial score (nSPS) is 15.7. The standard InChI is InChI=1S/C18H23N3O2/c1-23-17-6-7-19-18(12-17)21-10-8-20(9-11-21)13-15-2-4-16(14-22)5-3-15/h2-7,12,22H,8-11,13-14H2,1H3. The first-order chi connectivity index (χ1) is 11.3. The number of aromatic nitrogens is 1. The van der Waals surface area contributed by atoms with Crippen LogP contribution in [0.15, 0.2) is 42.6 Å². The lowest BCUT2D eigenvalue weighted by Crippen LogP contribution is -2.46. The third-order valence-corrected chi connectivity index (χ3v) is 4.26. The van der Waals surface area contributed by atoms with Gasteiger partial charge in [-0.25, -0.2) is 4.98 Å².